The molecular weight excluding hydrogens is 394 g/mol. The van der Waals surface area contributed by atoms with Crippen LogP contribution in [-0.4, -0.2) is 39.3 Å². The number of hydrogen-bond acceptors (Lipinski definition) is 6. The summed E-state index contributed by atoms with van der Waals surface area (Å²) in [5, 5.41) is 2.67. The number of ether oxygens (including phenoxy) is 2. The SMILES string of the molecule is COc1ccc(CNC(=O)[C@H](C)OC(=O)CCS(=O)(=O)c2ccc(C)cc2)cc1. The van der Waals surface area contributed by atoms with Crippen molar-refractivity contribution in [3.63, 3.8) is 0 Å². The van der Waals surface area contributed by atoms with E-state index in [4.69, 9.17) is 9.47 Å². The summed E-state index contributed by atoms with van der Waals surface area (Å²) in [5.74, 6) is -0.874. The molecule has 8 heteroatoms. The van der Waals surface area contributed by atoms with Crippen LogP contribution >= 0.6 is 0 Å². The molecule has 2 rings (SSSR count). The summed E-state index contributed by atoms with van der Waals surface area (Å²) in [6.07, 6.45) is -1.35. The Morgan fingerprint density at radius 1 is 1.03 bits per heavy atom. The zero-order valence-electron chi connectivity index (χ0n) is 16.7. The van der Waals surface area contributed by atoms with Gasteiger partial charge in [0.1, 0.15) is 5.75 Å². The van der Waals surface area contributed by atoms with E-state index >= 15 is 0 Å². The van der Waals surface area contributed by atoms with Crippen molar-refractivity contribution in [3.8, 4) is 5.75 Å². The molecule has 1 amide bonds. The Morgan fingerprint density at radius 3 is 2.24 bits per heavy atom. The van der Waals surface area contributed by atoms with Gasteiger partial charge < -0.3 is 14.8 Å². The van der Waals surface area contributed by atoms with E-state index in [0.29, 0.717) is 5.75 Å². The maximum absolute atomic E-state index is 12.3. The number of nitrogens with one attached hydrogen (secondary N) is 1. The molecule has 0 radical (unpaired) electrons. The zero-order chi connectivity index (χ0) is 21.4. The van der Waals surface area contributed by atoms with Crippen molar-refractivity contribution < 1.29 is 27.5 Å². The summed E-state index contributed by atoms with van der Waals surface area (Å²) in [7, 11) is -2.02. The van der Waals surface area contributed by atoms with E-state index in [1.54, 1.807) is 31.4 Å². The number of sulfone groups is 1. The molecule has 0 unspecified atom stereocenters. The molecule has 156 valence electrons. The molecule has 0 fully saturated rings. The molecule has 0 bridgehead atoms. The highest BCUT2D eigenvalue weighted by atomic mass is 32.2. The van der Waals surface area contributed by atoms with Crippen molar-refractivity contribution in [1.29, 1.82) is 0 Å². The Labute approximate surface area is 170 Å². The summed E-state index contributed by atoms with van der Waals surface area (Å²) in [6, 6.07) is 13.6. The highest BCUT2D eigenvalue weighted by molar-refractivity contribution is 7.91. The molecule has 1 atom stereocenters. The predicted octanol–water partition coefficient (Wildman–Crippen LogP) is 2.42. The lowest BCUT2D eigenvalue weighted by atomic mass is 10.2. The summed E-state index contributed by atoms with van der Waals surface area (Å²) in [6.45, 7) is 3.57. The third-order valence-electron chi connectivity index (χ3n) is 4.26. The lowest BCUT2D eigenvalue weighted by molar-refractivity contribution is -0.154. The number of carbonyl (C=O) groups is 2. The second-order valence-corrected chi connectivity index (χ2v) is 8.69. The van der Waals surface area contributed by atoms with Crippen molar-refractivity contribution in [1.82, 2.24) is 5.32 Å². The van der Waals surface area contributed by atoms with E-state index in [9.17, 15) is 18.0 Å². The van der Waals surface area contributed by atoms with E-state index in [0.717, 1.165) is 11.1 Å². The van der Waals surface area contributed by atoms with Crippen LogP contribution in [0.25, 0.3) is 0 Å². The molecule has 7 nitrogen and oxygen atoms in total. The van der Waals surface area contributed by atoms with Crippen LogP contribution in [0.4, 0.5) is 0 Å². The van der Waals surface area contributed by atoms with Gasteiger partial charge in [0.05, 0.1) is 24.2 Å². The van der Waals surface area contributed by atoms with Gasteiger partial charge in [-0.25, -0.2) is 8.42 Å². The summed E-state index contributed by atoms with van der Waals surface area (Å²) in [4.78, 5) is 24.2. The van der Waals surface area contributed by atoms with Crippen LogP contribution in [0.15, 0.2) is 53.4 Å². The van der Waals surface area contributed by atoms with Gasteiger partial charge in [-0.15, -0.1) is 0 Å². The van der Waals surface area contributed by atoms with E-state index < -0.39 is 27.8 Å². The molecule has 2 aromatic rings. The van der Waals surface area contributed by atoms with Crippen LogP contribution in [0, 0.1) is 6.92 Å². The molecule has 0 aromatic heterocycles. The quantitative estimate of drug-likeness (QED) is 0.627. The van der Waals surface area contributed by atoms with Gasteiger partial charge in [0, 0.05) is 6.54 Å². The van der Waals surface area contributed by atoms with Gasteiger partial charge in [-0.2, -0.15) is 0 Å². The van der Waals surface area contributed by atoms with Gasteiger partial charge in [0.15, 0.2) is 15.9 Å². The first-order valence-electron chi connectivity index (χ1n) is 9.11. The summed E-state index contributed by atoms with van der Waals surface area (Å²) < 4.78 is 34.7. The number of hydrogen-bond donors (Lipinski definition) is 1. The minimum absolute atomic E-state index is 0.154. The standard InChI is InChI=1S/C21H25NO6S/c1-15-4-10-19(11-5-15)29(25,26)13-12-20(23)28-16(2)21(24)22-14-17-6-8-18(27-3)9-7-17/h4-11,16H,12-14H2,1-3H3,(H,22,24)/t16-/m0/s1. The highest BCUT2D eigenvalue weighted by Gasteiger charge is 2.21. The number of carbonyl (C=O) groups excluding carboxylic acids is 2. The highest BCUT2D eigenvalue weighted by Crippen LogP contribution is 2.14. The van der Waals surface area contributed by atoms with Gasteiger partial charge >= 0.3 is 5.97 Å². The zero-order valence-corrected chi connectivity index (χ0v) is 17.5. The van der Waals surface area contributed by atoms with Crippen LogP contribution in [0.5, 0.6) is 5.75 Å². The minimum Gasteiger partial charge on any atom is -0.497 e. The first-order valence-corrected chi connectivity index (χ1v) is 10.8. The van der Waals surface area contributed by atoms with E-state index in [1.807, 2.05) is 19.1 Å². The van der Waals surface area contributed by atoms with Crippen molar-refractivity contribution in [2.75, 3.05) is 12.9 Å². The molecule has 0 saturated heterocycles. The monoisotopic (exact) mass is 419 g/mol. The minimum atomic E-state index is -3.59. The molecule has 2 aromatic carbocycles. The molecule has 0 aliphatic carbocycles. The fourth-order valence-corrected chi connectivity index (χ4v) is 3.69. The average Bonchev–Trinajstić information content (AvgIpc) is 2.71. The fraction of sp³-hybridized carbons (Fsp3) is 0.333. The molecule has 0 saturated carbocycles. The Balaban J connectivity index is 1.79. The van der Waals surface area contributed by atoms with Crippen molar-refractivity contribution in [2.45, 2.75) is 37.8 Å². The average molecular weight is 419 g/mol. The molecule has 29 heavy (non-hydrogen) atoms. The molecular formula is C21H25NO6S. The second kappa shape index (κ2) is 10.1. The van der Waals surface area contributed by atoms with Gasteiger partial charge in [-0.05, 0) is 43.7 Å². The van der Waals surface area contributed by atoms with E-state index in [2.05, 4.69) is 5.32 Å². The fourth-order valence-electron chi connectivity index (χ4n) is 2.47. The maximum atomic E-state index is 12.3. The Morgan fingerprint density at radius 2 is 1.66 bits per heavy atom. The summed E-state index contributed by atoms with van der Waals surface area (Å²) >= 11 is 0. The molecule has 0 aliphatic heterocycles. The van der Waals surface area contributed by atoms with Crippen LogP contribution in [0.1, 0.15) is 24.5 Å². The van der Waals surface area contributed by atoms with Crippen LogP contribution in [-0.2, 0) is 30.7 Å². The van der Waals surface area contributed by atoms with Gasteiger partial charge in [0.2, 0.25) is 0 Å². The first kappa shape index (κ1) is 22.4. The maximum Gasteiger partial charge on any atom is 0.307 e. The second-order valence-electron chi connectivity index (χ2n) is 6.58. The van der Waals surface area contributed by atoms with Crippen LogP contribution < -0.4 is 10.1 Å². The lowest BCUT2D eigenvalue weighted by Crippen LogP contribution is -2.35. The molecule has 0 heterocycles. The van der Waals surface area contributed by atoms with Crippen LogP contribution in [0.3, 0.4) is 0 Å². The van der Waals surface area contributed by atoms with Crippen molar-refractivity contribution in [3.05, 3.63) is 59.7 Å². The van der Waals surface area contributed by atoms with Gasteiger partial charge in [-0.3, -0.25) is 9.59 Å². The smallest absolute Gasteiger partial charge is 0.307 e. The third-order valence-corrected chi connectivity index (χ3v) is 5.99. The van der Waals surface area contributed by atoms with Crippen molar-refractivity contribution >= 4 is 21.7 Å². The number of esters is 1. The number of rotatable bonds is 9. The molecule has 0 aliphatic rings. The molecule has 1 N–H and O–H groups in total. The summed E-state index contributed by atoms with van der Waals surface area (Å²) in [5.41, 5.74) is 1.81. The number of benzene rings is 2. The normalized spacial score (nSPS) is 12.1. The van der Waals surface area contributed by atoms with E-state index in [-0.39, 0.29) is 23.6 Å². The number of amides is 1. The van der Waals surface area contributed by atoms with Gasteiger partial charge in [0.25, 0.3) is 5.91 Å². The predicted molar refractivity (Wildman–Crippen MR) is 108 cm³/mol. The first-order chi connectivity index (χ1) is 13.7. The Bertz CT molecular complexity index is 936. The Kier molecular flexibility index (Phi) is 7.78. The van der Waals surface area contributed by atoms with Gasteiger partial charge in [-0.1, -0.05) is 29.8 Å². The molecule has 0 spiro atoms. The number of methoxy groups -OCH3 is 1. The van der Waals surface area contributed by atoms with Crippen LogP contribution in [0.2, 0.25) is 0 Å². The lowest BCUT2D eigenvalue weighted by Gasteiger charge is -2.14. The topological polar surface area (TPSA) is 98.8 Å². The number of aryl methyl sites for hydroxylation is 1. The Hall–Kier alpha value is -2.87. The largest absolute Gasteiger partial charge is 0.497 e. The van der Waals surface area contributed by atoms with Crippen molar-refractivity contribution in [2.24, 2.45) is 0 Å². The third kappa shape index (κ3) is 6.90. The van der Waals surface area contributed by atoms with E-state index in [1.165, 1.54) is 19.1 Å².